The van der Waals surface area contributed by atoms with Crippen molar-refractivity contribution in [3.8, 4) is 11.5 Å². The Hall–Kier alpha value is -3.55. The molecule has 8 heteroatoms. The van der Waals surface area contributed by atoms with Crippen molar-refractivity contribution in [1.29, 1.82) is 0 Å². The zero-order chi connectivity index (χ0) is 15.6. The fourth-order valence-electron chi connectivity index (χ4n) is 2.24. The standard InChI is InChI=1S/C15H12N8/c16-9-2-1-5-18-12(9)15-21-10-3-7-19-14(13(10)23-15)22-11-4-6-17-8-20-11/h1-8H,16H2,(H,21,23)(H,17,19,20,22). The van der Waals surface area contributed by atoms with Crippen LogP contribution in [0.15, 0.2) is 49.2 Å². The fourth-order valence-corrected chi connectivity index (χ4v) is 2.24. The van der Waals surface area contributed by atoms with Crippen LogP contribution in [0.2, 0.25) is 0 Å². The molecule has 0 fully saturated rings. The van der Waals surface area contributed by atoms with E-state index in [1.54, 1.807) is 36.8 Å². The molecule has 0 bridgehead atoms. The first-order valence-electron chi connectivity index (χ1n) is 6.90. The van der Waals surface area contributed by atoms with E-state index >= 15 is 0 Å². The molecule has 0 atom stereocenters. The number of nitrogens with two attached hydrogens (primary N) is 1. The Bertz CT molecular complexity index is 964. The SMILES string of the molecule is Nc1cccnc1-c1nc2ccnc(Nc3ccncn3)c2[nH]1. The normalized spacial score (nSPS) is 10.8. The maximum Gasteiger partial charge on any atom is 0.159 e. The molecule has 0 saturated heterocycles. The largest absolute Gasteiger partial charge is 0.397 e. The number of H-pyrrole nitrogens is 1. The summed E-state index contributed by atoms with van der Waals surface area (Å²) < 4.78 is 0. The molecule has 0 saturated carbocycles. The first-order chi connectivity index (χ1) is 11.3. The number of hydrogen-bond acceptors (Lipinski definition) is 7. The van der Waals surface area contributed by atoms with Gasteiger partial charge >= 0.3 is 0 Å². The summed E-state index contributed by atoms with van der Waals surface area (Å²) in [6.45, 7) is 0. The first-order valence-corrected chi connectivity index (χ1v) is 6.90. The van der Waals surface area contributed by atoms with Crippen LogP contribution >= 0.6 is 0 Å². The van der Waals surface area contributed by atoms with Crippen molar-refractivity contribution in [3.63, 3.8) is 0 Å². The summed E-state index contributed by atoms with van der Waals surface area (Å²) in [5, 5.41) is 3.14. The first kappa shape index (κ1) is 13.1. The zero-order valence-electron chi connectivity index (χ0n) is 11.9. The Kier molecular flexibility index (Phi) is 3.05. The van der Waals surface area contributed by atoms with Crippen molar-refractivity contribution in [2.45, 2.75) is 0 Å². The van der Waals surface area contributed by atoms with Gasteiger partial charge in [-0.05, 0) is 24.3 Å². The summed E-state index contributed by atoms with van der Waals surface area (Å²) >= 11 is 0. The summed E-state index contributed by atoms with van der Waals surface area (Å²) in [7, 11) is 0. The van der Waals surface area contributed by atoms with Gasteiger partial charge in [0, 0.05) is 18.6 Å². The summed E-state index contributed by atoms with van der Waals surface area (Å²) in [4.78, 5) is 24.4. The van der Waals surface area contributed by atoms with Gasteiger partial charge in [-0.3, -0.25) is 4.98 Å². The molecule has 0 spiro atoms. The van der Waals surface area contributed by atoms with Crippen LogP contribution in [0.3, 0.4) is 0 Å². The number of fused-ring (bicyclic) bond motifs is 1. The minimum absolute atomic E-state index is 0.560. The molecule has 0 aliphatic carbocycles. The van der Waals surface area contributed by atoms with Crippen molar-refractivity contribution in [2.24, 2.45) is 0 Å². The zero-order valence-corrected chi connectivity index (χ0v) is 11.9. The number of imidazole rings is 1. The Morgan fingerprint density at radius 3 is 2.78 bits per heavy atom. The molecule has 0 unspecified atom stereocenters. The number of anilines is 3. The Morgan fingerprint density at radius 2 is 1.96 bits per heavy atom. The molecule has 0 aromatic carbocycles. The van der Waals surface area contributed by atoms with E-state index in [0.717, 1.165) is 11.0 Å². The van der Waals surface area contributed by atoms with Gasteiger partial charge in [0.1, 0.15) is 23.4 Å². The lowest BCUT2D eigenvalue weighted by atomic mass is 10.3. The number of pyridine rings is 2. The van der Waals surface area contributed by atoms with Crippen molar-refractivity contribution in [2.75, 3.05) is 11.1 Å². The van der Waals surface area contributed by atoms with Crippen LogP contribution in [0.5, 0.6) is 0 Å². The topological polar surface area (TPSA) is 118 Å². The van der Waals surface area contributed by atoms with E-state index in [1.807, 2.05) is 6.07 Å². The highest BCUT2D eigenvalue weighted by Gasteiger charge is 2.12. The third-order valence-electron chi connectivity index (χ3n) is 3.30. The van der Waals surface area contributed by atoms with Gasteiger partial charge in [0.05, 0.1) is 11.2 Å². The van der Waals surface area contributed by atoms with Crippen LogP contribution in [-0.4, -0.2) is 29.9 Å². The number of rotatable bonds is 3. The van der Waals surface area contributed by atoms with Gasteiger partial charge in [0.2, 0.25) is 0 Å². The molecular weight excluding hydrogens is 292 g/mol. The van der Waals surface area contributed by atoms with E-state index < -0.39 is 0 Å². The predicted octanol–water partition coefficient (Wildman–Crippen LogP) is 2.14. The number of nitrogens with one attached hydrogen (secondary N) is 2. The second-order valence-corrected chi connectivity index (χ2v) is 4.80. The van der Waals surface area contributed by atoms with Crippen LogP contribution in [0, 0.1) is 0 Å². The Balaban J connectivity index is 1.80. The molecule has 112 valence electrons. The average molecular weight is 304 g/mol. The van der Waals surface area contributed by atoms with Crippen LogP contribution in [0.4, 0.5) is 17.3 Å². The number of nitrogens with zero attached hydrogens (tertiary/aromatic N) is 5. The second kappa shape index (κ2) is 5.34. The lowest BCUT2D eigenvalue weighted by Crippen LogP contribution is -1.97. The van der Waals surface area contributed by atoms with Crippen molar-refractivity contribution in [1.82, 2.24) is 29.9 Å². The highest BCUT2D eigenvalue weighted by molar-refractivity contribution is 5.90. The van der Waals surface area contributed by atoms with Crippen LogP contribution in [0.25, 0.3) is 22.6 Å². The summed E-state index contributed by atoms with van der Waals surface area (Å²) in [6, 6.07) is 7.15. The predicted molar refractivity (Wildman–Crippen MR) is 86.8 cm³/mol. The molecule has 4 rings (SSSR count). The van der Waals surface area contributed by atoms with E-state index in [4.69, 9.17) is 5.73 Å². The molecule has 23 heavy (non-hydrogen) atoms. The summed E-state index contributed by atoms with van der Waals surface area (Å²) in [6.07, 6.45) is 6.48. The fraction of sp³-hybridized carbons (Fsp3) is 0. The Morgan fingerprint density at radius 1 is 1.00 bits per heavy atom. The van der Waals surface area contributed by atoms with E-state index in [9.17, 15) is 0 Å². The highest BCUT2D eigenvalue weighted by Crippen LogP contribution is 2.26. The van der Waals surface area contributed by atoms with Crippen molar-refractivity contribution in [3.05, 3.63) is 49.2 Å². The van der Waals surface area contributed by atoms with Crippen LogP contribution in [-0.2, 0) is 0 Å². The highest BCUT2D eigenvalue weighted by atomic mass is 15.1. The average Bonchev–Trinajstić information content (AvgIpc) is 3.01. The van der Waals surface area contributed by atoms with Gasteiger partial charge in [0.15, 0.2) is 11.6 Å². The van der Waals surface area contributed by atoms with Gasteiger partial charge in [0.25, 0.3) is 0 Å². The van der Waals surface area contributed by atoms with E-state index in [-0.39, 0.29) is 0 Å². The molecule has 4 N–H and O–H groups in total. The quantitative estimate of drug-likeness (QED) is 0.530. The van der Waals surface area contributed by atoms with E-state index in [0.29, 0.717) is 28.8 Å². The molecule has 0 amide bonds. The maximum absolute atomic E-state index is 5.97. The van der Waals surface area contributed by atoms with E-state index in [2.05, 4.69) is 35.2 Å². The monoisotopic (exact) mass is 304 g/mol. The number of hydrogen-bond donors (Lipinski definition) is 3. The van der Waals surface area contributed by atoms with Crippen LogP contribution in [0.1, 0.15) is 0 Å². The van der Waals surface area contributed by atoms with Gasteiger partial charge in [-0.25, -0.2) is 19.9 Å². The molecule has 0 radical (unpaired) electrons. The van der Waals surface area contributed by atoms with Crippen LogP contribution < -0.4 is 11.1 Å². The molecule has 0 aliphatic rings. The van der Waals surface area contributed by atoms with Gasteiger partial charge < -0.3 is 16.0 Å². The lowest BCUT2D eigenvalue weighted by Gasteiger charge is -2.04. The number of aromatic nitrogens is 6. The molecule has 8 nitrogen and oxygen atoms in total. The van der Waals surface area contributed by atoms with Crippen molar-refractivity contribution >= 4 is 28.4 Å². The molecule has 4 heterocycles. The van der Waals surface area contributed by atoms with E-state index in [1.165, 1.54) is 6.33 Å². The number of nitrogen functional groups attached to an aromatic ring is 1. The Labute approximate surface area is 130 Å². The third kappa shape index (κ3) is 2.42. The molecule has 0 aliphatic heterocycles. The molecule has 4 aromatic rings. The molecular formula is C15H12N8. The summed E-state index contributed by atoms with van der Waals surface area (Å²) in [5.74, 6) is 1.86. The molecule has 4 aromatic heterocycles. The minimum Gasteiger partial charge on any atom is -0.397 e. The lowest BCUT2D eigenvalue weighted by molar-refractivity contribution is 1.16. The van der Waals surface area contributed by atoms with Crippen molar-refractivity contribution < 1.29 is 0 Å². The number of aromatic amines is 1. The minimum atomic E-state index is 0.560. The van der Waals surface area contributed by atoms with Gasteiger partial charge in [-0.2, -0.15) is 0 Å². The van der Waals surface area contributed by atoms with Gasteiger partial charge in [-0.15, -0.1) is 0 Å². The van der Waals surface area contributed by atoms with Gasteiger partial charge in [-0.1, -0.05) is 0 Å². The summed E-state index contributed by atoms with van der Waals surface area (Å²) in [5.41, 5.74) is 8.65. The second-order valence-electron chi connectivity index (χ2n) is 4.80. The smallest absolute Gasteiger partial charge is 0.159 e. The third-order valence-corrected chi connectivity index (χ3v) is 3.30. The maximum atomic E-state index is 5.97.